The topological polar surface area (TPSA) is 61.9 Å². The number of hydrogen-bond acceptors (Lipinski definition) is 5. The minimum atomic E-state index is -0.167. The number of carbonyl (C=O) groups is 2. The molecule has 0 radical (unpaired) electrons. The number of nitrogens with one attached hydrogen (secondary N) is 1. The number of ether oxygens (including phenoxy) is 1. The fraction of sp³-hybridized carbons (Fsp3) is 0.429. The third-order valence-electron chi connectivity index (χ3n) is 6.77. The second kappa shape index (κ2) is 12.8. The van der Waals surface area contributed by atoms with Gasteiger partial charge in [-0.15, -0.1) is 0 Å². The third kappa shape index (κ3) is 6.52. The highest BCUT2D eigenvalue weighted by Gasteiger charge is 2.30. The van der Waals surface area contributed by atoms with E-state index in [0.29, 0.717) is 17.5 Å². The number of nitrogens with zero attached hydrogens (tertiary/aromatic N) is 2. The summed E-state index contributed by atoms with van der Waals surface area (Å²) in [6.45, 7) is 5.04. The number of thioether (sulfide) groups is 1. The molecule has 36 heavy (non-hydrogen) atoms. The summed E-state index contributed by atoms with van der Waals surface area (Å²) in [5.74, 6) is 0.427. The number of piperidine rings is 1. The first-order valence-electron chi connectivity index (χ1n) is 12.6. The van der Waals surface area contributed by atoms with Gasteiger partial charge in [0, 0.05) is 24.0 Å². The van der Waals surface area contributed by atoms with Gasteiger partial charge >= 0.3 is 0 Å². The van der Waals surface area contributed by atoms with Crippen LogP contribution in [-0.4, -0.2) is 56.0 Å². The highest BCUT2D eigenvalue weighted by molar-refractivity contribution is 9.10. The fourth-order valence-electron chi connectivity index (χ4n) is 4.87. The Labute approximate surface area is 226 Å². The first-order chi connectivity index (χ1) is 17.5. The molecule has 0 aliphatic carbocycles. The summed E-state index contributed by atoms with van der Waals surface area (Å²) >= 11 is 4.94. The van der Waals surface area contributed by atoms with Crippen LogP contribution in [0.4, 0.5) is 5.69 Å². The maximum absolute atomic E-state index is 13.5. The Morgan fingerprint density at radius 2 is 2.08 bits per heavy atom. The maximum atomic E-state index is 13.5. The van der Waals surface area contributed by atoms with Gasteiger partial charge < -0.3 is 15.0 Å². The van der Waals surface area contributed by atoms with Crippen LogP contribution < -0.4 is 15.0 Å². The van der Waals surface area contributed by atoms with Crippen molar-refractivity contribution in [3.8, 4) is 5.75 Å². The molecule has 8 heteroatoms. The number of halogens is 1. The number of anilines is 1. The van der Waals surface area contributed by atoms with Gasteiger partial charge in [0.25, 0.3) is 5.91 Å². The summed E-state index contributed by atoms with van der Waals surface area (Å²) in [5, 5.41) is 3.03. The van der Waals surface area contributed by atoms with Crippen LogP contribution in [0.5, 0.6) is 5.75 Å². The first-order valence-corrected chi connectivity index (χ1v) is 14.3. The van der Waals surface area contributed by atoms with Crippen molar-refractivity contribution in [2.45, 2.75) is 50.0 Å². The molecule has 2 amide bonds. The minimum absolute atomic E-state index is 0.00134. The van der Waals surface area contributed by atoms with Crippen molar-refractivity contribution < 1.29 is 14.3 Å². The van der Waals surface area contributed by atoms with Crippen molar-refractivity contribution >= 4 is 51.3 Å². The van der Waals surface area contributed by atoms with E-state index in [0.717, 1.165) is 45.9 Å². The van der Waals surface area contributed by atoms with E-state index >= 15 is 0 Å². The second-order valence-electron chi connectivity index (χ2n) is 9.16. The van der Waals surface area contributed by atoms with Gasteiger partial charge in [0.1, 0.15) is 12.3 Å². The zero-order chi connectivity index (χ0) is 25.5. The van der Waals surface area contributed by atoms with Crippen LogP contribution >= 0.6 is 27.7 Å². The Morgan fingerprint density at radius 3 is 2.86 bits per heavy atom. The van der Waals surface area contributed by atoms with E-state index in [-0.39, 0.29) is 18.4 Å². The number of fused-ring (bicyclic) bond motifs is 1. The monoisotopic (exact) mass is 571 g/mol. The molecular weight excluding hydrogens is 538 g/mol. The number of rotatable bonds is 9. The van der Waals surface area contributed by atoms with Crippen LogP contribution in [-0.2, 0) is 9.59 Å². The molecule has 0 aromatic heterocycles. The molecule has 1 fully saturated rings. The Balaban J connectivity index is 1.40. The number of carbonyl (C=O) groups excluding carboxylic acids is 2. The van der Waals surface area contributed by atoms with Crippen LogP contribution in [0.3, 0.4) is 0 Å². The summed E-state index contributed by atoms with van der Waals surface area (Å²) in [4.78, 5) is 32.0. The quantitative estimate of drug-likeness (QED) is 0.308. The van der Waals surface area contributed by atoms with Crippen LogP contribution in [0.2, 0.25) is 0 Å². The van der Waals surface area contributed by atoms with Crippen LogP contribution in [0.15, 0.2) is 56.7 Å². The summed E-state index contributed by atoms with van der Waals surface area (Å²) in [7, 11) is 1.62. The number of para-hydroxylation sites is 1. The highest BCUT2D eigenvalue weighted by atomic mass is 79.9. The molecule has 1 atom stereocenters. The molecule has 0 saturated carbocycles. The molecule has 2 aliphatic rings. The number of benzene rings is 2. The molecule has 1 N–H and O–H groups in total. The summed E-state index contributed by atoms with van der Waals surface area (Å²) in [6, 6.07) is 14.1. The summed E-state index contributed by atoms with van der Waals surface area (Å²) < 4.78 is 6.13. The van der Waals surface area contributed by atoms with Crippen molar-refractivity contribution in [3.63, 3.8) is 0 Å². The molecule has 2 aliphatic heterocycles. The van der Waals surface area contributed by atoms with Crippen molar-refractivity contribution in [2.24, 2.45) is 0 Å². The summed E-state index contributed by atoms with van der Waals surface area (Å²) in [6.07, 6.45) is 7.83. The Kier molecular flexibility index (Phi) is 9.51. The Morgan fingerprint density at radius 1 is 1.25 bits per heavy atom. The van der Waals surface area contributed by atoms with Gasteiger partial charge in [0.15, 0.2) is 0 Å². The van der Waals surface area contributed by atoms with E-state index in [1.54, 1.807) is 12.0 Å². The zero-order valence-corrected chi connectivity index (χ0v) is 23.4. The molecular formula is C28H34BrN3O3S. The predicted octanol–water partition coefficient (Wildman–Crippen LogP) is 5.71. The normalized spacial score (nSPS) is 19.3. The first kappa shape index (κ1) is 26.8. The van der Waals surface area contributed by atoms with Gasteiger partial charge in [-0.1, -0.05) is 43.3 Å². The van der Waals surface area contributed by atoms with E-state index in [1.807, 2.05) is 48.5 Å². The molecule has 192 valence electrons. The molecule has 2 aromatic rings. The largest absolute Gasteiger partial charge is 0.496 e. The van der Waals surface area contributed by atoms with Crippen molar-refractivity contribution in [2.75, 3.05) is 38.2 Å². The van der Waals surface area contributed by atoms with Gasteiger partial charge in [-0.2, -0.15) is 0 Å². The molecule has 2 heterocycles. The van der Waals surface area contributed by atoms with E-state index < -0.39 is 0 Å². The second-order valence-corrected chi connectivity index (χ2v) is 11.1. The van der Waals surface area contributed by atoms with E-state index in [4.69, 9.17) is 4.74 Å². The molecule has 0 unspecified atom stereocenters. The lowest BCUT2D eigenvalue weighted by Gasteiger charge is -2.35. The molecule has 0 spiro atoms. The van der Waals surface area contributed by atoms with E-state index in [1.165, 1.54) is 37.4 Å². The van der Waals surface area contributed by atoms with Gasteiger partial charge in [0.05, 0.1) is 22.2 Å². The lowest BCUT2D eigenvalue weighted by atomic mass is 10.00. The zero-order valence-electron chi connectivity index (χ0n) is 21.0. The van der Waals surface area contributed by atoms with Crippen LogP contribution in [0.1, 0.15) is 44.6 Å². The minimum Gasteiger partial charge on any atom is -0.496 e. The summed E-state index contributed by atoms with van der Waals surface area (Å²) in [5.41, 5.74) is 1.65. The van der Waals surface area contributed by atoms with Crippen molar-refractivity contribution in [1.29, 1.82) is 0 Å². The van der Waals surface area contributed by atoms with E-state index in [9.17, 15) is 9.59 Å². The number of likely N-dealkylation sites (tertiary alicyclic amines) is 1. The number of hydrogen-bond donors (Lipinski definition) is 1. The Hall–Kier alpha value is -2.29. The van der Waals surface area contributed by atoms with Gasteiger partial charge in [-0.25, -0.2) is 0 Å². The maximum Gasteiger partial charge on any atom is 0.265 e. The molecule has 4 rings (SSSR count). The highest BCUT2D eigenvalue weighted by Crippen LogP contribution is 2.42. The molecule has 6 nitrogen and oxygen atoms in total. The van der Waals surface area contributed by atoms with Crippen molar-refractivity contribution in [1.82, 2.24) is 10.2 Å². The molecule has 2 aromatic carbocycles. The molecule has 1 saturated heterocycles. The van der Waals surface area contributed by atoms with E-state index in [2.05, 4.69) is 33.1 Å². The lowest BCUT2D eigenvalue weighted by Crippen LogP contribution is -2.44. The molecule has 0 bridgehead atoms. The van der Waals surface area contributed by atoms with Gasteiger partial charge in [0.2, 0.25) is 5.91 Å². The third-order valence-corrected chi connectivity index (χ3v) is 8.47. The number of amides is 2. The fourth-order valence-corrected chi connectivity index (χ4v) is 6.49. The van der Waals surface area contributed by atoms with Crippen molar-refractivity contribution in [3.05, 3.63) is 57.4 Å². The standard InChI is InChI=1S/C28H34BrN3O3S/c1-3-21-9-6-7-15-31(21)16-8-14-30-27(33)19-32-23-10-4-5-11-25(23)36-26(28(32)34)18-20-12-13-24(35-2)22(29)17-20/h4-5,10-13,17-18,21H,3,6-9,14-16,19H2,1-2H3,(H,30,33)/b26-18+/t21-/m1/s1. The average molecular weight is 573 g/mol. The Bertz CT molecular complexity index is 1120. The SMILES string of the molecule is CC[C@@H]1CCCCN1CCCNC(=O)CN1C(=O)/C(=C\c2ccc(OC)c(Br)c2)Sc2ccccc21. The smallest absolute Gasteiger partial charge is 0.265 e. The van der Waals surface area contributed by atoms with Gasteiger partial charge in [-0.3, -0.25) is 14.5 Å². The number of methoxy groups -OCH3 is 1. The van der Waals surface area contributed by atoms with Crippen LogP contribution in [0, 0.1) is 0 Å². The van der Waals surface area contributed by atoms with Gasteiger partial charge in [-0.05, 0) is 84.1 Å². The lowest BCUT2D eigenvalue weighted by molar-refractivity contribution is -0.122. The average Bonchev–Trinajstić information content (AvgIpc) is 2.89. The van der Waals surface area contributed by atoms with Crippen LogP contribution in [0.25, 0.3) is 6.08 Å². The predicted molar refractivity (Wildman–Crippen MR) is 150 cm³/mol.